The number of nitrogens with zero attached hydrogens (tertiary/aromatic N) is 2. The van der Waals surface area contributed by atoms with E-state index in [9.17, 15) is 9.18 Å². The van der Waals surface area contributed by atoms with Crippen LogP contribution in [0.2, 0.25) is 0 Å². The first-order valence-corrected chi connectivity index (χ1v) is 7.91. The van der Waals surface area contributed by atoms with E-state index in [-0.39, 0.29) is 22.8 Å². The number of halogens is 1. The molecule has 0 aliphatic rings. The van der Waals surface area contributed by atoms with Crippen molar-refractivity contribution in [2.24, 2.45) is 0 Å². The summed E-state index contributed by atoms with van der Waals surface area (Å²) in [5.74, 6) is -0.699. The van der Waals surface area contributed by atoms with Crippen LogP contribution in [0.3, 0.4) is 0 Å². The number of benzene rings is 2. The lowest BCUT2D eigenvalue weighted by molar-refractivity contribution is 0.0939. The van der Waals surface area contributed by atoms with Gasteiger partial charge in [-0.2, -0.15) is 0 Å². The van der Waals surface area contributed by atoms with Crippen molar-refractivity contribution in [1.29, 1.82) is 0 Å². The summed E-state index contributed by atoms with van der Waals surface area (Å²) in [6.07, 6.45) is 0. The monoisotopic (exact) mass is 327 g/mol. The van der Waals surface area contributed by atoms with E-state index in [0.29, 0.717) is 10.6 Å². The van der Waals surface area contributed by atoms with Crippen LogP contribution in [0, 0.1) is 5.82 Å². The number of nitrogens with one attached hydrogen (secondary N) is 1. The molecule has 0 aliphatic carbocycles. The zero-order valence-corrected chi connectivity index (χ0v) is 13.2. The van der Waals surface area contributed by atoms with E-state index in [0.717, 1.165) is 16.9 Å². The van der Waals surface area contributed by atoms with Crippen LogP contribution >= 0.6 is 11.3 Å². The maximum absolute atomic E-state index is 13.8. The van der Waals surface area contributed by atoms with Gasteiger partial charge in [0.15, 0.2) is 5.01 Å². The molecule has 0 saturated heterocycles. The number of aromatic nitrogens is 2. The van der Waals surface area contributed by atoms with Gasteiger partial charge in [0.25, 0.3) is 5.91 Å². The van der Waals surface area contributed by atoms with E-state index in [1.807, 2.05) is 37.3 Å². The van der Waals surface area contributed by atoms with Gasteiger partial charge in [-0.1, -0.05) is 53.8 Å². The molecule has 6 heteroatoms. The number of hydrogen-bond donors (Lipinski definition) is 1. The van der Waals surface area contributed by atoms with Gasteiger partial charge >= 0.3 is 0 Å². The predicted molar refractivity (Wildman–Crippen MR) is 87.6 cm³/mol. The molecule has 1 atom stereocenters. The predicted octanol–water partition coefficient (Wildman–Crippen LogP) is 3.84. The molecule has 23 heavy (non-hydrogen) atoms. The highest BCUT2D eigenvalue weighted by molar-refractivity contribution is 7.16. The van der Waals surface area contributed by atoms with E-state index >= 15 is 0 Å². The second kappa shape index (κ2) is 6.66. The minimum atomic E-state index is -0.381. The molecular weight excluding hydrogens is 313 g/mol. The molecule has 0 unspecified atom stereocenters. The minimum Gasteiger partial charge on any atom is -0.343 e. The van der Waals surface area contributed by atoms with E-state index in [1.54, 1.807) is 18.2 Å². The summed E-state index contributed by atoms with van der Waals surface area (Å²) in [4.78, 5) is 12.3. The third-order valence-corrected chi connectivity index (χ3v) is 4.33. The van der Waals surface area contributed by atoms with E-state index in [2.05, 4.69) is 15.5 Å². The van der Waals surface area contributed by atoms with Gasteiger partial charge in [0.2, 0.25) is 5.01 Å². The molecule has 116 valence electrons. The normalized spacial score (nSPS) is 11.9. The third kappa shape index (κ3) is 3.43. The molecule has 0 aliphatic heterocycles. The smallest absolute Gasteiger partial charge is 0.282 e. The van der Waals surface area contributed by atoms with Gasteiger partial charge < -0.3 is 5.32 Å². The highest BCUT2D eigenvalue weighted by atomic mass is 32.1. The fourth-order valence-corrected chi connectivity index (χ4v) is 2.92. The molecule has 0 fully saturated rings. The van der Waals surface area contributed by atoms with Crippen molar-refractivity contribution in [3.63, 3.8) is 0 Å². The summed E-state index contributed by atoms with van der Waals surface area (Å²) in [7, 11) is 0. The van der Waals surface area contributed by atoms with Crippen molar-refractivity contribution in [2.45, 2.75) is 13.0 Å². The zero-order valence-electron chi connectivity index (χ0n) is 12.4. The second-order valence-corrected chi connectivity index (χ2v) is 5.98. The first-order valence-electron chi connectivity index (χ1n) is 7.09. The average Bonchev–Trinajstić information content (AvgIpc) is 3.06. The van der Waals surface area contributed by atoms with Crippen LogP contribution in [0.4, 0.5) is 4.39 Å². The Bertz CT molecular complexity index is 819. The number of rotatable bonds is 4. The Kier molecular flexibility index (Phi) is 4.43. The van der Waals surface area contributed by atoms with E-state index < -0.39 is 0 Å². The fraction of sp³-hybridized carbons (Fsp3) is 0.118. The fourth-order valence-electron chi connectivity index (χ4n) is 2.14. The maximum atomic E-state index is 13.8. The lowest BCUT2D eigenvalue weighted by atomic mass is 10.1. The number of hydrogen-bond acceptors (Lipinski definition) is 4. The van der Waals surface area contributed by atoms with Crippen LogP contribution in [-0.4, -0.2) is 16.1 Å². The van der Waals surface area contributed by atoms with E-state index in [1.165, 1.54) is 6.07 Å². The molecule has 3 aromatic rings. The summed E-state index contributed by atoms with van der Waals surface area (Å²) in [5.41, 5.74) is 1.35. The molecule has 1 heterocycles. The molecule has 4 nitrogen and oxygen atoms in total. The Morgan fingerprint density at radius 1 is 1.09 bits per heavy atom. The van der Waals surface area contributed by atoms with Crippen LogP contribution in [-0.2, 0) is 0 Å². The maximum Gasteiger partial charge on any atom is 0.282 e. The molecule has 0 saturated carbocycles. The molecule has 0 bridgehead atoms. The van der Waals surface area contributed by atoms with Crippen molar-refractivity contribution in [2.75, 3.05) is 0 Å². The Balaban J connectivity index is 1.75. The van der Waals surface area contributed by atoms with Crippen LogP contribution in [0.1, 0.15) is 28.3 Å². The van der Waals surface area contributed by atoms with Gasteiger partial charge in [0.05, 0.1) is 6.04 Å². The van der Waals surface area contributed by atoms with Crippen molar-refractivity contribution >= 4 is 17.2 Å². The number of carbonyl (C=O) groups is 1. The summed E-state index contributed by atoms with van der Waals surface area (Å²) in [6, 6.07) is 15.8. The molecule has 3 rings (SSSR count). The Morgan fingerprint density at radius 2 is 1.78 bits per heavy atom. The van der Waals surface area contributed by atoms with Gasteiger partial charge in [0.1, 0.15) is 5.82 Å². The second-order valence-electron chi connectivity index (χ2n) is 5.00. The molecule has 0 spiro atoms. The number of carbonyl (C=O) groups excluding carboxylic acids is 1. The van der Waals surface area contributed by atoms with Crippen LogP contribution in [0.25, 0.3) is 10.6 Å². The summed E-state index contributed by atoms with van der Waals surface area (Å²) < 4.78 is 13.8. The van der Waals surface area contributed by atoms with Gasteiger partial charge in [-0.15, -0.1) is 10.2 Å². The molecule has 1 aromatic heterocycles. The molecule has 0 radical (unpaired) electrons. The average molecular weight is 327 g/mol. The standard InChI is InChI=1S/C17H14FN3OS/c1-11(12-7-3-2-4-8-12)19-15(22)17-21-20-16(23-17)13-9-5-6-10-14(13)18/h2-11H,1H3,(H,19,22)/t11-/m0/s1. The molecule has 2 aromatic carbocycles. The summed E-state index contributed by atoms with van der Waals surface area (Å²) in [5, 5.41) is 11.3. The topological polar surface area (TPSA) is 54.9 Å². The first-order chi connectivity index (χ1) is 11.1. The van der Waals surface area contributed by atoms with Gasteiger partial charge in [-0.3, -0.25) is 4.79 Å². The highest BCUT2D eigenvalue weighted by Gasteiger charge is 2.17. The zero-order chi connectivity index (χ0) is 16.2. The van der Waals surface area contributed by atoms with Gasteiger partial charge in [0, 0.05) is 5.56 Å². The van der Waals surface area contributed by atoms with Gasteiger partial charge in [-0.25, -0.2) is 4.39 Å². The minimum absolute atomic E-state index is 0.149. The first kappa shape index (κ1) is 15.3. The Hall–Kier alpha value is -2.60. The van der Waals surface area contributed by atoms with Gasteiger partial charge in [-0.05, 0) is 24.6 Å². The quantitative estimate of drug-likeness (QED) is 0.792. The van der Waals surface area contributed by atoms with Crippen molar-refractivity contribution in [3.8, 4) is 10.6 Å². The summed E-state index contributed by atoms with van der Waals surface area (Å²) in [6.45, 7) is 1.89. The van der Waals surface area contributed by atoms with Crippen molar-refractivity contribution in [1.82, 2.24) is 15.5 Å². The lowest BCUT2D eigenvalue weighted by Gasteiger charge is -2.12. The highest BCUT2D eigenvalue weighted by Crippen LogP contribution is 2.26. The summed E-state index contributed by atoms with van der Waals surface area (Å²) >= 11 is 1.07. The van der Waals surface area contributed by atoms with E-state index in [4.69, 9.17) is 0 Å². The SMILES string of the molecule is C[C@H](NC(=O)c1nnc(-c2ccccc2F)s1)c1ccccc1. The Labute approximate surface area is 137 Å². The molecule has 1 amide bonds. The molecular formula is C17H14FN3OS. The van der Waals surface area contributed by atoms with Crippen molar-refractivity contribution in [3.05, 3.63) is 71.0 Å². The third-order valence-electron chi connectivity index (χ3n) is 3.37. The van der Waals surface area contributed by atoms with Crippen LogP contribution in [0.5, 0.6) is 0 Å². The Morgan fingerprint density at radius 3 is 2.52 bits per heavy atom. The largest absolute Gasteiger partial charge is 0.343 e. The van der Waals surface area contributed by atoms with Crippen molar-refractivity contribution < 1.29 is 9.18 Å². The lowest BCUT2D eigenvalue weighted by Crippen LogP contribution is -2.26. The number of amides is 1. The van der Waals surface area contributed by atoms with Crippen LogP contribution in [0.15, 0.2) is 54.6 Å². The molecule has 1 N–H and O–H groups in total. The van der Waals surface area contributed by atoms with Crippen LogP contribution < -0.4 is 5.32 Å².